The van der Waals surface area contributed by atoms with Crippen LogP contribution in [0.5, 0.6) is 0 Å². The van der Waals surface area contributed by atoms with Gasteiger partial charge in [-0.2, -0.15) is 0 Å². The summed E-state index contributed by atoms with van der Waals surface area (Å²) in [5.41, 5.74) is 3.16. The molecule has 2 N–H and O–H groups in total. The fourth-order valence-corrected chi connectivity index (χ4v) is 3.45. The highest BCUT2D eigenvalue weighted by atomic mass is 16.1. The van der Waals surface area contributed by atoms with Gasteiger partial charge in [-0.05, 0) is 68.6 Å². The lowest BCUT2D eigenvalue weighted by Crippen LogP contribution is -2.38. The minimum Gasteiger partial charge on any atom is -0.367 e. The summed E-state index contributed by atoms with van der Waals surface area (Å²) < 4.78 is 0. The Balaban J connectivity index is 1.56. The van der Waals surface area contributed by atoms with Crippen molar-refractivity contribution in [3.05, 3.63) is 65.7 Å². The summed E-state index contributed by atoms with van der Waals surface area (Å²) in [6, 6.07) is 18.4. The number of carbonyl (C=O) groups excluding carboxylic acids is 1. The van der Waals surface area contributed by atoms with Crippen LogP contribution in [0.3, 0.4) is 0 Å². The first-order valence-corrected chi connectivity index (χ1v) is 9.64. The molecule has 1 aliphatic rings. The van der Waals surface area contributed by atoms with Crippen LogP contribution in [0.4, 0.5) is 5.69 Å². The lowest BCUT2D eigenvalue weighted by atomic mass is 9.99. The molecule has 0 bridgehead atoms. The third-order valence-electron chi connectivity index (χ3n) is 5.04. The molecular formula is C22H29N3O. The molecule has 1 saturated heterocycles. The van der Waals surface area contributed by atoms with Gasteiger partial charge in [-0.15, -0.1) is 0 Å². The van der Waals surface area contributed by atoms with Crippen molar-refractivity contribution in [2.45, 2.75) is 26.3 Å². The minimum atomic E-state index is 0.0215. The Bertz CT molecular complexity index is 678. The van der Waals surface area contributed by atoms with Crippen LogP contribution in [0.15, 0.2) is 54.6 Å². The number of hydrogen-bond donors (Lipinski definition) is 2. The van der Waals surface area contributed by atoms with Crippen LogP contribution in [0, 0.1) is 5.92 Å². The largest absolute Gasteiger partial charge is 0.367 e. The van der Waals surface area contributed by atoms with E-state index in [9.17, 15) is 4.79 Å². The Labute approximate surface area is 156 Å². The number of carbonyl (C=O) groups is 1. The topological polar surface area (TPSA) is 44.4 Å². The second-order valence-corrected chi connectivity index (χ2v) is 6.97. The zero-order valence-corrected chi connectivity index (χ0v) is 15.6. The van der Waals surface area contributed by atoms with Gasteiger partial charge in [0, 0.05) is 30.9 Å². The fourth-order valence-electron chi connectivity index (χ4n) is 3.45. The van der Waals surface area contributed by atoms with E-state index < -0.39 is 0 Å². The van der Waals surface area contributed by atoms with Gasteiger partial charge < -0.3 is 15.5 Å². The molecule has 1 heterocycles. The van der Waals surface area contributed by atoms with E-state index in [1.54, 1.807) is 0 Å². The number of hydrogen-bond acceptors (Lipinski definition) is 3. The monoisotopic (exact) mass is 351 g/mol. The number of piperidine rings is 1. The zero-order chi connectivity index (χ0) is 18.2. The molecule has 4 nitrogen and oxygen atoms in total. The summed E-state index contributed by atoms with van der Waals surface area (Å²) in [7, 11) is 0. The summed E-state index contributed by atoms with van der Waals surface area (Å²) in [6.45, 7) is 6.81. The van der Waals surface area contributed by atoms with Crippen LogP contribution in [0.2, 0.25) is 0 Å². The van der Waals surface area contributed by atoms with E-state index in [0.717, 1.165) is 44.0 Å². The van der Waals surface area contributed by atoms with Gasteiger partial charge in [-0.25, -0.2) is 0 Å². The average molecular weight is 351 g/mol. The van der Waals surface area contributed by atoms with Crippen LogP contribution in [-0.2, 0) is 6.54 Å². The number of rotatable bonds is 7. The standard InChI is InChI=1S/C22H29N3O/c1-2-25(17-18-7-4-3-5-8-18)21-12-10-20(11-13-21)22(26)24-16-19-9-6-14-23-15-19/h3-5,7-8,10-13,19,23H,2,6,9,14-17H2,1H3,(H,24,26). The molecule has 0 spiro atoms. The molecule has 0 aliphatic carbocycles. The quantitative estimate of drug-likeness (QED) is 0.803. The molecule has 26 heavy (non-hydrogen) atoms. The van der Waals surface area contributed by atoms with Gasteiger partial charge in [0.15, 0.2) is 0 Å². The number of nitrogens with one attached hydrogen (secondary N) is 2. The van der Waals surface area contributed by atoms with Crippen LogP contribution in [0.25, 0.3) is 0 Å². The van der Waals surface area contributed by atoms with Crippen LogP contribution in [-0.4, -0.2) is 32.1 Å². The van der Waals surface area contributed by atoms with Gasteiger partial charge in [0.2, 0.25) is 0 Å². The number of amides is 1. The van der Waals surface area contributed by atoms with Gasteiger partial charge in [0.25, 0.3) is 5.91 Å². The van der Waals surface area contributed by atoms with Gasteiger partial charge in [0.1, 0.15) is 0 Å². The molecule has 1 atom stereocenters. The number of nitrogens with zero attached hydrogens (tertiary/aromatic N) is 1. The lowest BCUT2D eigenvalue weighted by molar-refractivity contribution is 0.0945. The molecule has 1 aliphatic heterocycles. The molecule has 3 rings (SSSR count). The first-order chi connectivity index (χ1) is 12.8. The number of anilines is 1. The maximum Gasteiger partial charge on any atom is 0.251 e. The maximum absolute atomic E-state index is 12.4. The van der Waals surface area contributed by atoms with Crippen molar-refractivity contribution in [2.75, 3.05) is 31.1 Å². The van der Waals surface area contributed by atoms with E-state index >= 15 is 0 Å². The lowest BCUT2D eigenvalue weighted by Gasteiger charge is -2.24. The van der Waals surface area contributed by atoms with Crippen molar-refractivity contribution in [1.29, 1.82) is 0 Å². The highest BCUT2D eigenvalue weighted by Crippen LogP contribution is 2.18. The second-order valence-electron chi connectivity index (χ2n) is 6.97. The van der Waals surface area contributed by atoms with Gasteiger partial charge in [-0.3, -0.25) is 4.79 Å². The first kappa shape index (κ1) is 18.5. The molecule has 1 amide bonds. The van der Waals surface area contributed by atoms with Gasteiger partial charge >= 0.3 is 0 Å². The van der Waals surface area contributed by atoms with Gasteiger partial charge in [0.05, 0.1) is 0 Å². The summed E-state index contributed by atoms with van der Waals surface area (Å²) in [4.78, 5) is 14.7. The predicted octanol–water partition coefficient (Wildman–Crippen LogP) is 3.44. The van der Waals surface area contributed by atoms with E-state index in [2.05, 4.69) is 46.7 Å². The molecule has 138 valence electrons. The van der Waals surface area contributed by atoms with Crippen molar-refractivity contribution < 1.29 is 4.79 Å². The first-order valence-electron chi connectivity index (χ1n) is 9.64. The molecule has 2 aromatic rings. The van der Waals surface area contributed by atoms with Crippen molar-refractivity contribution >= 4 is 11.6 Å². The highest BCUT2D eigenvalue weighted by molar-refractivity contribution is 5.94. The Morgan fingerprint density at radius 1 is 1.15 bits per heavy atom. The third-order valence-corrected chi connectivity index (χ3v) is 5.04. The number of benzene rings is 2. The van der Waals surface area contributed by atoms with Crippen LogP contribution >= 0.6 is 0 Å². The summed E-state index contributed by atoms with van der Waals surface area (Å²) in [5.74, 6) is 0.571. The smallest absolute Gasteiger partial charge is 0.251 e. The average Bonchev–Trinajstić information content (AvgIpc) is 2.72. The summed E-state index contributed by atoms with van der Waals surface area (Å²) >= 11 is 0. The molecule has 0 saturated carbocycles. The van der Waals surface area contributed by atoms with E-state index in [0.29, 0.717) is 5.92 Å². The van der Waals surface area contributed by atoms with Crippen molar-refractivity contribution in [1.82, 2.24) is 10.6 Å². The van der Waals surface area contributed by atoms with E-state index in [4.69, 9.17) is 0 Å². The minimum absolute atomic E-state index is 0.0215. The van der Waals surface area contributed by atoms with Crippen molar-refractivity contribution in [2.24, 2.45) is 5.92 Å². The van der Waals surface area contributed by atoms with Crippen LogP contribution in [0.1, 0.15) is 35.7 Å². The molecule has 2 aromatic carbocycles. The second kappa shape index (κ2) is 9.39. The fraction of sp³-hybridized carbons (Fsp3) is 0.409. The predicted molar refractivity (Wildman–Crippen MR) is 108 cm³/mol. The van der Waals surface area contributed by atoms with E-state index in [-0.39, 0.29) is 5.91 Å². The van der Waals surface area contributed by atoms with E-state index in [1.165, 1.54) is 18.4 Å². The van der Waals surface area contributed by atoms with Crippen LogP contribution < -0.4 is 15.5 Å². The normalized spacial score (nSPS) is 16.9. The molecule has 4 heteroatoms. The Hall–Kier alpha value is -2.33. The molecule has 1 unspecified atom stereocenters. The summed E-state index contributed by atoms with van der Waals surface area (Å²) in [6.07, 6.45) is 2.39. The molecule has 0 radical (unpaired) electrons. The Morgan fingerprint density at radius 3 is 2.58 bits per heavy atom. The SMILES string of the molecule is CCN(Cc1ccccc1)c1ccc(C(=O)NCC2CCCNC2)cc1. The molecule has 0 aromatic heterocycles. The van der Waals surface area contributed by atoms with Crippen molar-refractivity contribution in [3.63, 3.8) is 0 Å². The zero-order valence-electron chi connectivity index (χ0n) is 15.6. The maximum atomic E-state index is 12.4. The van der Waals surface area contributed by atoms with Gasteiger partial charge in [-0.1, -0.05) is 30.3 Å². The molecular weight excluding hydrogens is 322 g/mol. The highest BCUT2D eigenvalue weighted by Gasteiger charge is 2.14. The summed E-state index contributed by atoms with van der Waals surface area (Å²) in [5, 5.41) is 6.47. The van der Waals surface area contributed by atoms with E-state index in [1.807, 2.05) is 30.3 Å². The van der Waals surface area contributed by atoms with Crippen molar-refractivity contribution in [3.8, 4) is 0 Å². The molecule has 1 fully saturated rings. The third kappa shape index (κ3) is 5.09. The Kier molecular flexibility index (Phi) is 6.67. The Morgan fingerprint density at radius 2 is 1.92 bits per heavy atom.